The van der Waals surface area contributed by atoms with Crippen LogP contribution in [0.4, 0.5) is 0 Å². The number of carbonyl (C=O) groups is 1. The van der Waals surface area contributed by atoms with Crippen molar-refractivity contribution in [2.75, 3.05) is 19.6 Å². The molecule has 7 nitrogen and oxygen atoms in total. The summed E-state index contributed by atoms with van der Waals surface area (Å²) >= 11 is 6.08. The topological polar surface area (TPSA) is 75.9 Å². The van der Waals surface area contributed by atoms with Crippen LogP contribution in [-0.4, -0.2) is 50.4 Å². The molecule has 0 bridgehead atoms. The molecule has 0 spiro atoms. The quantitative estimate of drug-likeness (QED) is 0.752. The van der Waals surface area contributed by atoms with E-state index in [0.29, 0.717) is 29.5 Å². The number of halogens is 1. The van der Waals surface area contributed by atoms with Crippen LogP contribution in [0.1, 0.15) is 27.8 Å². The molecular formula is C19H19ClN6O. The molecule has 0 radical (unpaired) electrons. The van der Waals surface area contributed by atoms with E-state index in [2.05, 4.69) is 20.6 Å². The van der Waals surface area contributed by atoms with Crippen LogP contribution in [0.3, 0.4) is 0 Å². The van der Waals surface area contributed by atoms with Gasteiger partial charge in [0.15, 0.2) is 5.69 Å². The van der Waals surface area contributed by atoms with E-state index in [1.165, 1.54) is 0 Å². The van der Waals surface area contributed by atoms with Gasteiger partial charge in [-0.1, -0.05) is 28.9 Å². The van der Waals surface area contributed by atoms with Crippen molar-refractivity contribution < 1.29 is 4.79 Å². The minimum atomic E-state index is -0.129. The van der Waals surface area contributed by atoms with Crippen molar-refractivity contribution in [3.63, 3.8) is 0 Å². The molecule has 3 aromatic rings. The van der Waals surface area contributed by atoms with Crippen LogP contribution < -0.4 is 5.32 Å². The SMILES string of the molecule is Cc1c(C(=O)N2CCNCC2c2cccnc2)nnn1-c1cccc(Cl)c1. The Morgan fingerprint density at radius 2 is 2.19 bits per heavy atom. The van der Waals surface area contributed by atoms with Gasteiger partial charge in [-0.25, -0.2) is 4.68 Å². The smallest absolute Gasteiger partial charge is 0.276 e. The Kier molecular flexibility index (Phi) is 4.87. The molecule has 1 saturated heterocycles. The van der Waals surface area contributed by atoms with Crippen LogP contribution in [0, 0.1) is 6.92 Å². The first-order valence-electron chi connectivity index (χ1n) is 8.75. The van der Waals surface area contributed by atoms with E-state index < -0.39 is 0 Å². The second-order valence-corrected chi connectivity index (χ2v) is 6.86. The maximum atomic E-state index is 13.3. The molecule has 1 aliphatic rings. The van der Waals surface area contributed by atoms with Crippen molar-refractivity contribution in [3.05, 3.63) is 70.8 Å². The molecule has 1 aromatic carbocycles. The number of rotatable bonds is 3. The van der Waals surface area contributed by atoms with Gasteiger partial charge in [-0.05, 0) is 36.8 Å². The molecule has 2 aromatic heterocycles. The summed E-state index contributed by atoms with van der Waals surface area (Å²) in [4.78, 5) is 19.3. The zero-order chi connectivity index (χ0) is 18.8. The van der Waals surface area contributed by atoms with Crippen molar-refractivity contribution >= 4 is 17.5 Å². The minimum absolute atomic E-state index is 0.0873. The lowest BCUT2D eigenvalue weighted by molar-refractivity contribution is 0.0627. The first-order valence-corrected chi connectivity index (χ1v) is 9.13. The minimum Gasteiger partial charge on any atom is -0.328 e. The van der Waals surface area contributed by atoms with Crippen molar-refractivity contribution in [3.8, 4) is 5.69 Å². The largest absolute Gasteiger partial charge is 0.328 e. The van der Waals surface area contributed by atoms with Crippen LogP contribution >= 0.6 is 11.6 Å². The summed E-state index contributed by atoms with van der Waals surface area (Å²) in [6.07, 6.45) is 3.53. The van der Waals surface area contributed by atoms with E-state index in [9.17, 15) is 4.79 Å². The number of carbonyl (C=O) groups excluding carboxylic acids is 1. The molecule has 1 N–H and O–H groups in total. The number of nitrogens with zero attached hydrogens (tertiary/aromatic N) is 5. The molecule has 1 unspecified atom stereocenters. The number of amides is 1. The van der Waals surface area contributed by atoms with E-state index in [-0.39, 0.29) is 11.9 Å². The Bertz CT molecular complexity index is 958. The third-order valence-corrected chi connectivity index (χ3v) is 4.96. The fourth-order valence-electron chi connectivity index (χ4n) is 3.33. The summed E-state index contributed by atoms with van der Waals surface area (Å²) in [7, 11) is 0. The highest BCUT2D eigenvalue weighted by molar-refractivity contribution is 6.30. The third-order valence-electron chi connectivity index (χ3n) is 4.72. The van der Waals surface area contributed by atoms with Crippen LogP contribution in [0.15, 0.2) is 48.8 Å². The maximum absolute atomic E-state index is 13.3. The zero-order valence-electron chi connectivity index (χ0n) is 14.8. The third kappa shape index (κ3) is 3.43. The number of nitrogens with one attached hydrogen (secondary N) is 1. The van der Waals surface area contributed by atoms with Gasteiger partial charge in [-0.2, -0.15) is 0 Å². The van der Waals surface area contributed by atoms with Gasteiger partial charge in [-0.3, -0.25) is 9.78 Å². The first kappa shape index (κ1) is 17.6. The fourth-order valence-corrected chi connectivity index (χ4v) is 3.52. The molecule has 1 fully saturated rings. The summed E-state index contributed by atoms with van der Waals surface area (Å²) in [5.41, 5.74) is 2.81. The first-order chi connectivity index (χ1) is 13.1. The lowest BCUT2D eigenvalue weighted by Gasteiger charge is -2.36. The fraction of sp³-hybridized carbons (Fsp3) is 0.263. The summed E-state index contributed by atoms with van der Waals surface area (Å²) in [5.74, 6) is -0.129. The molecule has 1 atom stereocenters. The normalized spacial score (nSPS) is 17.1. The van der Waals surface area contributed by atoms with Crippen molar-refractivity contribution in [2.45, 2.75) is 13.0 Å². The molecular weight excluding hydrogens is 364 g/mol. The lowest BCUT2D eigenvalue weighted by Crippen LogP contribution is -2.49. The average molecular weight is 383 g/mol. The molecule has 27 heavy (non-hydrogen) atoms. The molecule has 4 rings (SSSR count). The Morgan fingerprint density at radius 1 is 1.30 bits per heavy atom. The summed E-state index contributed by atoms with van der Waals surface area (Å²) < 4.78 is 1.64. The Hall–Kier alpha value is -2.77. The van der Waals surface area contributed by atoms with Gasteiger partial charge < -0.3 is 10.2 Å². The van der Waals surface area contributed by atoms with Crippen LogP contribution in [-0.2, 0) is 0 Å². The number of pyridine rings is 1. The summed E-state index contributed by atoms with van der Waals surface area (Å²) in [6.45, 7) is 3.86. The van der Waals surface area contributed by atoms with E-state index >= 15 is 0 Å². The average Bonchev–Trinajstić information content (AvgIpc) is 3.09. The number of hydrogen-bond acceptors (Lipinski definition) is 5. The highest BCUT2D eigenvalue weighted by Gasteiger charge is 2.31. The van der Waals surface area contributed by atoms with Crippen LogP contribution in [0.25, 0.3) is 5.69 Å². The van der Waals surface area contributed by atoms with Crippen LogP contribution in [0.5, 0.6) is 0 Å². The van der Waals surface area contributed by atoms with Gasteiger partial charge in [0.25, 0.3) is 5.91 Å². The Morgan fingerprint density at radius 3 is 2.96 bits per heavy atom. The molecule has 3 heterocycles. The molecule has 1 amide bonds. The molecule has 1 aliphatic heterocycles. The number of piperazine rings is 1. The molecule has 138 valence electrons. The van der Waals surface area contributed by atoms with Crippen molar-refractivity contribution in [1.29, 1.82) is 0 Å². The standard InChI is InChI=1S/C19H19ClN6O/c1-13-18(23-24-26(13)16-6-2-5-15(20)10-16)19(27)25-9-8-22-12-17(25)14-4-3-7-21-11-14/h2-7,10-11,17,22H,8-9,12H2,1H3. The summed E-state index contributed by atoms with van der Waals surface area (Å²) in [6, 6.07) is 11.1. The van der Waals surface area contributed by atoms with Gasteiger partial charge in [0, 0.05) is 37.1 Å². The van der Waals surface area contributed by atoms with Crippen molar-refractivity contribution in [1.82, 2.24) is 30.2 Å². The second-order valence-electron chi connectivity index (χ2n) is 6.42. The van der Waals surface area contributed by atoms with Gasteiger partial charge >= 0.3 is 0 Å². The van der Waals surface area contributed by atoms with Crippen molar-refractivity contribution in [2.24, 2.45) is 0 Å². The van der Waals surface area contributed by atoms with E-state index in [0.717, 1.165) is 17.8 Å². The highest BCUT2D eigenvalue weighted by Crippen LogP contribution is 2.24. The van der Waals surface area contributed by atoms with E-state index in [1.807, 2.05) is 36.1 Å². The van der Waals surface area contributed by atoms with Gasteiger partial charge in [0.2, 0.25) is 0 Å². The monoisotopic (exact) mass is 382 g/mol. The second kappa shape index (κ2) is 7.46. The predicted octanol–water partition coefficient (Wildman–Crippen LogP) is 2.41. The van der Waals surface area contributed by atoms with E-state index in [4.69, 9.17) is 11.6 Å². The number of aromatic nitrogens is 4. The predicted molar refractivity (Wildman–Crippen MR) is 102 cm³/mol. The van der Waals surface area contributed by atoms with E-state index in [1.54, 1.807) is 29.2 Å². The Balaban J connectivity index is 1.66. The van der Waals surface area contributed by atoms with Gasteiger partial charge in [0.05, 0.1) is 17.4 Å². The molecule has 0 saturated carbocycles. The lowest BCUT2D eigenvalue weighted by atomic mass is 10.0. The zero-order valence-corrected chi connectivity index (χ0v) is 15.6. The van der Waals surface area contributed by atoms with Gasteiger partial charge in [0.1, 0.15) is 0 Å². The molecule has 8 heteroatoms. The number of hydrogen-bond donors (Lipinski definition) is 1. The number of benzene rings is 1. The van der Waals surface area contributed by atoms with Crippen LogP contribution in [0.2, 0.25) is 5.02 Å². The Labute approximate surface area is 162 Å². The summed E-state index contributed by atoms with van der Waals surface area (Å²) in [5, 5.41) is 12.3. The van der Waals surface area contributed by atoms with Gasteiger partial charge in [-0.15, -0.1) is 5.10 Å². The maximum Gasteiger partial charge on any atom is 0.276 e. The highest BCUT2D eigenvalue weighted by atomic mass is 35.5. The molecule has 0 aliphatic carbocycles.